The predicted molar refractivity (Wildman–Crippen MR) is 107 cm³/mol. The lowest BCUT2D eigenvalue weighted by atomic mass is 9.83. The molecule has 1 unspecified atom stereocenters. The molecule has 2 aromatic rings. The number of carbonyl (C=O) groups is 2. The van der Waals surface area contributed by atoms with Crippen LogP contribution in [0.5, 0.6) is 0 Å². The molecule has 0 fully saturated rings. The van der Waals surface area contributed by atoms with Crippen molar-refractivity contribution >= 4 is 23.6 Å². The maximum Gasteiger partial charge on any atom is 0.416 e. The van der Waals surface area contributed by atoms with Gasteiger partial charge in [-0.15, -0.1) is 0 Å². The number of alkyl halides is 3. The van der Waals surface area contributed by atoms with Crippen molar-refractivity contribution < 1.29 is 27.2 Å². The zero-order valence-electron chi connectivity index (χ0n) is 16.4. The molecule has 4 nitrogen and oxygen atoms in total. The Balaban J connectivity index is 1.66. The van der Waals surface area contributed by atoms with E-state index in [0.29, 0.717) is 12.0 Å². The highest BCUT2D eigenvalue weighted by Gasteiger charge is 2.34. The Morgan fingerprint density at radius 2 is 1.87 bits per heavy atom. The fraction of sp³-hybridized carbons (Fsp3) is 0.217. The lowest BCUT2D eigenvalue weighted by Crippen LogP contribution is -2.35. The third-order valence-electron chi connectivity index (χ3n) is 5.47. The molecule has 0 bridgehead atoms. The molecule has 8 heteroatoms. The van der Waals surface area contributed by atoms with Gasteiger partial charge in [-0.1, -0.05) is 24.3 Å². The number of anilines is 1. The number of halogens is 4. The lowest BCUT2D eigenvalue weighted by Gasteiger charge is -2.27. The second-order valence-corrected chi connectivity index (χ2v) is 7.55. The van der Waals surface area contributed by atoms with Crippen LogP contribution in [0.15, 0.2) is 53.7 Å². The summed E-state index contributed by atoms with van der Waals surface area (Å²) in [5.41, 5.74) is 1.65. The molecular weight excluding hydrogens is 412 g/mol. The van der Waals surface area contributed by atoms with Crippen LogP contribution in [0.4, 0.5) is 23.2 Å². The van der Waals surface area contributed by atoms with Crippen molar-refractivity contribution in [3.8, 4) is 0 Å². The number of fused-ring (bicyclic) bond motifs is 1. The van der Waals surface area contributed by atoms with E-state index in [0.717, 1.165) is 23.3 Å². The average molecular weight is 430 g/mol. The summed E-state index contributed by atoms with van der Waals surface area (Å²) in [7, 11) is 0. The van der Waals surface area contributed by atoms with Crippen LogP contribution < -0.4 is 10.6 Å². The Morgan fingerprint density at radius 3 is 2.55 bits per heavy atom. The van der Waals surface area contributed by atoms with Gasteiger partial charge in [0.25, 0.3) is 5.91 Å². The fourth-order valence-corrected chi connectivity index (χ4v) is 3.96. The molecule has 0 spiro atoms. The molecule has 31 heavy (non-hydrogen) atoms. The molecule has 0 aromatic heterocycles. The van der Waals surface area contributed by atoms with Crippen LogP contribution in [0.2, 0.25) is 0 Å². The number of hydrogen-bond acceptors (Lipinski definition) is 2. The van der Waals surface area contributed by atoms with Gasteiger partial charge in [-0.25, -0.2) is 4.39 Å². The van der Waals surface area contributed by atoms with Crippen molar-refractivity contribution in [1.82, 2.24) is 5.32 Å². The normalized spacial score (nSPS) is 18.1. The molecule has 2 amide bonds. The summed E-state index contributed by atoms with van der Waals surface area (Å²) in [6.07, 6.45) is -0.262. The lowest BCUT2D eigenvalue weighted by molar-refractivity contribution is -0.137. The smallest absolute Gasteiger partial charge is 0.330 e. The van der Waals surface area contributed by atoms with Gasteiger partial charge in [0.2, 0.25) is 5.91 Å². The number of carbonyl (C=O) groups excluding carboxylic acids is 2. The molecule has 0 saturated heterocycles. The average Bonchev–Trinajstić information content (AvgIpc) is 3.14. The molecule has 1 aliphatic heterocycles. The topological polar surface area (TPSA) is 58.2 Å². The van der Waals surface area contributed by atoms with Gasteiger partial charge in [0.15, 0.2) is 0 Å². The first-order valence-corrected chi connectivity index (χ1v) is 9.61. The Hall–Kier alpha value is -3.42. The SMILES string of the molecule is CC1=C(C(=O)Nc2cc3c(cc2F)CC=C3)C(c2ccc(C(F)(F)F)cc2)CC(=O)N1. The van der Waals surface area contributed by atoms with Crippen LogP contribution in [-0.4, -0.2) is 11.8 Å². The van der Waals surface area contributed by atoms with E-state index in [9.17, 15) is 27.2 Å². The summed E-state index contributed by atoms with van der Waals surface area (Å²) in [6.45, 7) is 1.53. The molecule has 4 rings (SSSR count). The highest BCUT2D eigenvalue weighted by atomic mass is 19.4. The zero-order chi connectivity index (χ0) is 22.3. The van der Waals surface area contributed by atoms with Crippen molar-refractivity contribution in [2.45, 2.75) is 31.9 Å². The summed E-state index contributed by atoms with van der Waals surface area (Å²) in [5, 5.41) is 5.14. The Labute approximate surface area is 175 Å². The van der Waals surface area contributed by atoms with E-state index in [2.05, 4.69) is 10.6 Å². The van der Waals surface area contributed by atoms with Gasteiger partial charge in [-0.3, -0.25) is 9.59 Å². The standard InChI is InChI=1S/C23H18F4N2O2/c1-12-21(22(31)29-19-10-15-4-2-3-14(15)9-18(19)24)17(11-20(30)28-12)13-5-7-16(8-6-13)23(25,26)27/h2,4-10,17H,3,11H2,1H3,(H,28,30)(H,29,31). The zero-order valence-corrected chi connectivity index (χ0v) is 16.4. The van der Waals surface area contributed by atoms with E-state index in [4.69, 9.17) is 0 Å². The second-order valence-electron chi connectivity index (χ2n) is 7.55. The van der Waals surface area contributed by atoms with E-state index in [1.165, 1.54) is 31.2 Å². The van der Waals surface area contributed by atoms with E-state index in [1.54, 1.807) is 0 Å². The van der Waals surface area contributed by atoms with Crippen LogP contribution in [0.3, 0.4) is 0 Å². The Bertz CT molecular complexity index is 1130. The van der Waals surface area contributed by atoms with Gasteiger partial charge in [0, 0.05) is 23.6 Å². The van der Waals surface area contributed by atoms with Gasteiger partial charge in [-0.05, 0) is 54.3 Å². The van der Waals surface area contributed by atoms with Crippen LogP contribution in [-0.2, 0) is 22.2 Å². The fourth-order valence-electron chi connectivity index (χ4n) is 3.96. The van der Waals surface area contributed by atoms with Gasteiger partial charge in [0.1, 0.15) is 5.82 Å². The van der Waals surface area contributed by atoms with E-state index in [-0.39, 0.29) is 29.3 Å². The van der Waals surface area contributed by atoms with Crippen LogP contribution in [0.25, 0.3) is 6.08 Å². The number of rotatable bonds is 3. The van der Waals surface area contributed by atoms with E-state index < -0.39 is 29.4 Å². The minimum Gasteiger partial charge on any atom is -0.330 e. The highest BCUT2D eigenvalue weighted by Crippen LogP contribution is 2.36. The molecule has 0 saturated carbocycles. The largest absolute Gasteiger partial charge is 0.416 e. The predicted octanol–water partition coefficient (Wildman–Crippen LogP) is 4.93. The van der Waals surface area contributed by atoms with Gasteiger partial charge in [-0.2, -0.15) is 13.2 Å². The molecule has 2 N–H and O–H groups in total. The first-order valence-electron chi connectivity index (χ1n) is 9.61. The van der Waals surface area contributed by atoms with Crippen molar-refractivity contribution in [3.05, 3.63) is 81.8 Å². The molecule has 2 aliphatic rings. The van der Waals surface area contributed by atoms with E-state index in [1.807, 2.05) is 12.2 Å². The number of nitrogens with one attached hydrogen (secondary N) is 2. The summed E-state index contributed by atoms with van der Waals surface area (Å²) in [4.78, 5) is 25.1. The Morgan fingerprint density at radius 1 is 1.16 bits per heavy atom. The Kier molecular flexibility index (Phi) is 5.16. The summed E-state index contributed by atoms with van der Waals surface area (Å²) >= 11 is 0. The molecule has 0 radical (unpaired) electrons. The highest BCUT2D eigenvalue weighted by molar-refractivity contribution is 6.07. The first-order chi connectivity index (χ1) is 14.6. The molecule has 1 aliphatic carbocycles. The number of benzene rings is 2. The van der Waals surface area contributed by atoms with Crippen molar-refractivity contribution in [3.63, 3.8) is 0 Å². The number of hydrogen-bond donors (Lipinski definition) is 2. The number of amides is 2. The van der Waals surface area contributed by atoms with Crippen LogP contribution >= 0.6 is 0 Å². The second kappa shape index (κ2) is 7.68. The molecule has 2 aromatic carbocycles. The van der Waals surface area contributed by atoms with Crippen molar-refractivity contribution in [1.29, 1.82) is 0 Å². The summed E-state index contributed by atoms with van der Waals surface area (Å²) in [6, 6.07) is 7.25. The van der Waals surface area contributed by atoms with Crippen molar-refractivity contribution in [2.24, 2.45) is 0 Å². The third kappa shape index (κ3) is 4.10. The molecule has 160 valence electrons. The van der Waals surface area contributed by atoms with Crippen molar-refractivity contribution in [2.75, 3.05) is 5.32 Å². The monoisotopic (exact) mass is 430 g/mol. The van der Waals surface area contributed by atoms with E-state index >= 15 is 0 Å². The minimum atomic E-state index is -4.49. The summed E-state index contributed by atoms with van der Waals surface area (Å²) < 4.78 is 53.1. The van der Waals surface area contributed by atoms with Gasteiger partial charge < -0.3 is 10.6 Å². The molecule has 1 atom stereocenters. The first kappa shape index (κ1) is 20.8. The van der Waals surface area contributed by atoms with Crippen LogP contribution in [0, 0.1) is 5.82 Å². The van der Waals surface area contributed by atoms with Crippen LogP contribution in [0.1, 0.15) is 41.5 Å². The van der Waals surface area contributed by atoms with Gasteiger partial charge >= 0.3 is 6.18 Å². The quantitative estimate of drug-likeness (QED) is 0.679. The molecular formula is C23H18F4N2O2. The maximum atomic E-state index is 14.5. The maximum absolute atomic E-state index is 14.5. The molecule has 1 heterocycles. The van der Waals surface area contributed by atoms with Gasteiger partial charge in [0.05, 0.1) is 11.3 Å². The summed E-state index contributed by atoms with van der Waals surface area (Å²) in [5.74, 6) is -2.32. The number of allylic oxidation sites excluding steroid dienone is 2. The third-order valence-corrected chi connectivity index (χ3v) is 5.47. The minimum absolute atomic E-state index is 0.00123.